The molecule has 1 aromatic heterocycles. The van der Waals surface area contributed by atoms with Crippen LogP contribution in [0.4, 0.5) is 24.5 Å². The van der Waals surface area contributed by atoms with Gasteiger partial charge in [-0.15, -0.1) is 0 Å². The minimum absolute atomic E-state index is 0.175. The molecule has 0 aliphatic rings. The highest BCUT2D eigenvalue weighted by molar-refractivity contribution is 5.90. The summed E-state index contributed by atoms with van der Waals surface area (Å²) in [6.45, 7) is 3.21. The Balaban J connectivity index is 2.13. The van der Waals surface area contributed by atoms with Gasteiger partial charge in [0.1, 0.15) is 6.54 Å². The number of hydrogen-bond donors (Lipinski definition) is 2. The van der Waals surface area contributed by atoms with Crippen LogP contribution in [0.25, 0.3) is 0 Å². The molecule has 2 aromatic rings. The molecule has 0 saturated carbocycles. The number of rotatable bonds is 3. The van der Waals surface area contributed by atoms with Crippen LogP contribution in [-0.2, 0) is 11.3 Å². The van der Waals surface area contributed by atoms with Crippen molar-refractivity contribution < 1.29 is 18.0 Å². The van der Waals surface area contributed by atoms with Gasteiger partial charge in [-0.3, -0.25) is 9.48 Å². The van der Waals surface area contributed by atoms with E-state index in [4.69, 9.17) is 5.73 Å². The minimum Gasteiger partial charge on any atom is -0.396 e. The number of nitrogens with one attached hydrogen (secondary N) is 1. The summed E-state index contributed by atoms with van der Waals surface area (Å²) in [5, 5.41) is 6.33. The molecule has 0 aliphatic heterocycles. The van der Waals surface area contributed by atoms with E-state index in [-0.39, 0.29) is 12.2 Å². The first-order valence-electron chi connectivity index (χ1n) is 6.03. The fourth-order valence-corrected chi connectivity index (χ4v) is 1.83. The molecule has 0 spiro atoms. The number of nitrogen functional groups attached to an aromatic ring is 1. The number of aromatic nitrogens is 2. The van der Waals surface area contributed by atoms with E-state index in [9.17, 15) is 18.0 Å². The van der Waals surface area contributed by atoms with Crippen molar-refractivity contribution in [3.05, 3.63) is 41.0 Å². The molecule has 1 amide bonds. The highest BCUT2D eigenvalue weighted by Gasteiger charge is 2.14. The molecule has 0 fully saturated rings. The SMILES string of the molecule is Cc1nn(CC(=O)Nc2cc(F)c(F)c(F)c2)c(C)c1N. The van der Waals surface area contributed by atoms with Gasteiger partial charge in [-0.05, 0) is 13.8 Å². The Hall–Kier alpha value is -2.51. The van der Waals surface area contributed by atoms with Gasteiger partial charge in [-0.1, -0.05) is 0 Å². The van der Waals surface area contributed by atoms with Gasteiger partial charge < -0.3 is 11.1 Å². The maximum absolute atomic E-state index is 13.0. The molecule has 0 saturated heterocycles. The van der Waals surface area contributed by atoms with Crippen molar-refractivity contribution in [3.63, 3.8) is 0 Å². The lowest BCUT2D eigenvalue weighted by molar-refractivity contribution is -0.116. The van der Waals surface area contributed by atoms with Crippen LogP contribution >= 0.6 is 0 Å². The van der Waals surface area contributed by atoms with Crippen molar-refractivity contribution in [2.24, 2.45) is 0 Å². The summed E-state index contributed by atoms with van der Waals surface area (Å²) < 4.78 is 40.3. The topological polar surface area (TPSA) is 72.9 Å². The Kier molecular flexibility index (Phi) is 3.88. The van der Waals surface area contributed by atoms with E-state index in [2.05, 4.69) is 10.4 Å². The number of carbonyl (C=O) groups is 1. The summed E-state index contributed by atoms with van der Waals surface area (Å²) in [6, 6.07) is 1.40. The Morgan fingerprint density at radius 3 is 2.33 bits per heavy atom. The quantitative estimate of drug-likeness (QED) is 0.853. The van der Waals surface area contributed by atoms with E-state index in [1.54, 1.807) is 13.8 Å². The number of benzene rings is 1. The zero-order chi connectivity index (χ0) is 15.7. The third-order valence-electron chi connectivity index (χ3n) is 3.00. The molecule has 3 N–H and O–H groups in total. The zero-order valence-corrected chi connectivity index (χ0v) is 11.4. The minimum atomic E-state index is -1.58. The molecule has 8 heteroatoms. The number of nitrogens with zero attached hydrogens (tertiary/aromatic N) is 2. The first-order chi connectivity index (χ1) is 9.79. The maximum Gasteiger partial charge on any atom is 0.246 e. The summed E-state index contributed by atoms with van der Waals surface area (Å²) in [4.78, 5) is 11.8. The van der Waals surface area contributed by atoms with Crippen molar-refractivity contribution in [1.29, 1.82) is 0 Å². The second kappa shape index (κ2) is 5.47. The first kappa shape index (κ1) is 14.9. The predicted octanol–water partition coefficient (Wildman–Crippen LogP) is 2.14. The van der Waals surface area contributed by atoms with Gasteiger partial charge in [0.15, 0.2) is 17.5 Å². The summed E-state index contributed by atoms with van der Waals surface area (Å²) in [5.41, 5.74) is 7.22. The summed E-state index contributed by atoms with van der Waals surface area (Å²) >= 11 is 0. The molecular weight excluding hydrogens is 285 g/mol. The molecule has 5 nitrogen and oxygen atoms in total. The van der Waals surface area contributed by atoms with E-state index in [1.165, 1.54) is 4.68 Å². The summed E-state index contributed by atoms with van der Waals surface area (Å²) in [6.07, 6.45) is 0. The van der Waals surface area contributed by atoms with Gasteiger partial charge >= 0.3 is 0 Å². The van der Waals surface area contributed by atoms with Crippen molar-refractivity contribution >= 4 is 17.3 Å². The number of anilines is 2. The Labute approximate surface area is 118 Å². The van der Waals surface area contributed by atoms with Crippen LogP contribution in [0.15, 0.2) is 12.1 Å². The molecule has 21 heavy (non-hydrogen) atoms. The zero-order valence-electron chi connectivity index (χ0n) is 11.4. The van der Waals surface area contributed by atoms with Crippen LogP contribution < -0.4 is 11.1 Å². The molecule has 0 atom stereocenters. The van der Waals surface area contributed by atoms with Gasteiger partial charge in [-0.2, -0.15) is 5.10 Å². The molecule has 0 bridgehead atoms. The van der Waals surface area contributed by atoms with Crippen LogP contribution in [0.5, 0.6) is 0 Å². The fourth-order valence-electron chi connectivity index (χ4n) is 1.83. The highest BCUT2D eigenvalue weighted by Crippen LogP contribution is 2.18. The predicted molar refractivity (Wildman–Crippen MR) is 71.1 cm³/mol. The van der Waals surface area contributed by atoms with Gasteiger partial charge in [-0.25, -0.2) is 13.2 Å². The number of nitrogens with two attached hydrogens (primary N) is 1. The van der Waals surface area contributed by atoms with Crippen LogP contribution in [0.1, 0.15) is 11.4 Å². The Morgan fingerprint density at radius 2 is 1.86 bits per heavy atom. The smallest absolute Gasteiger partial charge is 0.246 e. The number of carbonyl (C=O) groups excluding carboxylic acids is 1. The number of hydrogen-bond acceptors (Lipinski definition) is 3. The third-order valence-corrected chi connectivity index (χ3v) is 3.00. The van der Waals surface area contributed by atoms with E-state index in [0.717, 1.165) is 0 Å². The molecule has 1 aromatic carbocycles. The number of aryl methyl sites for hydroxylation is 1. The largest absolute Gasteiger partial charge is 0.396 e. The van der Waals surface area contributed by atoms with E-state index < -0.39 is 23.4 Å². The lowest BCUT2D eigenvalue weighted by Crippen LogP contribution is -2.20. The highest BCUT2D eigenvalue weighted by atomic mass is 19.2. The average Bonchev–Trinajstić information content (AvgIpc) is 2.63. The van der Waals surface area contributed by atoms with Crippen LogP contribution in [-0.4, -0.2) is 15.7 Å². The van der Waals surface area contributed by atoms with E-state index in [1.807, 2.05) is 0 Å². The Bertz CT molecular complexity index is 689. The molecule has 0 unspecified atom stereocenters. The second-order valence-electron chi connectivity index (χ2n) is 4.54. The number of halogens is 3. The van der Waals surface area contributed by atoms with Gasteiger partial charge in [0.05, 0.1) is 17.1 Å². The average molecular weight is 298 g/mol. The molecule has 0 radical (unpaired) electrons. The monoisotopic (exact) mass is 298 g/mol. The molecular formula is C13H13F3N4O. The Morgan fingerprint density at radius 1 is 1.29 bits per heavy atom. The standard InChI is InChI=1S/C13H13F3N4O/c1-6-13(17)7(2)20(19-6)5-11(21)18-8-3-9(14)12(16)10(15)4-8/h3-4H,5,17H2,1-2H3,(H,18,21). The van der Waals surface area contributed by atoms with Crippen molar-refractivity contribution in [1.82, 2.24) is 9.78 Å². The van der Waals surface area contributed by atoms with Crippen LogP contribution in [0.3, 0.4) is 0 Å². The summed E-state index contributed by atoms with van der Waals surface area (Å²) in [7, 11) is 0. The number of amides is 1. The van der Waals surface area contributed by atoms with Crippen LogP contribution in [0, 0.1) is 31.3 Å². The maximum atomic E-state index is 13.0. The van der Waals surface area contributed by atoms with Crippen molar-refractivity contribution in [2.75, 3.05) is 11.1 Å². The third kappa shape index (κ3) is 2.99. The van der Waals surface area contributed by atoms with Gasteiger partial charge in [0, 0.05) is 17.8 Å². The first-order valence-corrected chi connectivity index (χ1v) is 6.03. The van der Waals surface area contributed by atoms with Crippen LogP contribution in [0.2, 0.25) is 0 Å². The molecule has 112 valence electrons. The van der Waals surface area contributed by atoms with E-state index in [0.29, 0.717) is 29.2 Å². The van der Waals surface area contributed by atoms with Crippen molar-refractivity contribution in [2.45, 2.75) is 20.4 Å². The fraction of sp³-hybridized carbons (Fsp3) is 0.231. The van der Waals surface area contributed by atoms with Gasteiger partial charge in [0.25, 0.3) is 0 Å². The van der Waals surface area contributed by atoms with Gasteiger partial charge in [0.2, 0.25) is 5.91 Å². The lowest BCUT2D eigenvalue weighted by Gasteiger charge is -2.07. The molecule has 1 heterocycles. The summed E-state index contributed by atoms with van der Waals surface area (Å²) in [5.74, 6) is -4.90. The normalized spacial score (nSPS) is 10.7. The molecule has 0 aliphatic carbocycles. The molecule has 2 rings (SSSR count). The van der Waals surface area contributed by atoms with Crippen molar-refractivity contribution in [3.8, 4) is 0 Å². The second-order valence-corrected chi connectivity index (χ2v) is 4.54. The van der Waals surface area contributed by atoms with E-state index >= 15 is 0 Å². The lowest BCUT2D eigenvalue weighted by atomic mass is 10.3.